The summed E-state index contributed by atoms with van der Waals surface area (Å²) in [4.78, 5) is 12.0. The summed E-state index contributed by atoms with van der Waals surface area (Å²) < 4.78 is 24.0. The minimum atomic E-state index is -1.28. The van der Waals surface area contributed by atoms with Gasteiger partial charge in [-0.15, -0.1) is 0 Å². The largest absolute Gasteiger partial charge is 0.394 e. The predicted octanol–water partition coefficient (Wildman–Crippen LogP) is 0.0316. The Morgan fingerprint density at radius 1 is 1.22 bits per heavy atom. The van der Waals surface area contributed by atoms with E-state index in [1.807, 2.05) is 20.8 Å². The molecule has 3 aliphatic heterocycles. The van der Waals surface area contributed by atoms with Gasteiger partial charge in [0.15, 0.2) is 17.9 Å². The number of hydrogen-bond acceptors (Lipinski definition) is 8. The Morgan fingerprint density at radius 2 is 1.96 bits per heavy atom. The van der Waals surface area contributed by atoms with E-state index in [0.717, 1.165) is 5.57 Å². The summed E-state index contributed by atoms with van der Waals surface area (Å²) in [5.41, 5.74) is -0.188. The molecule has 0 aromatic rings. The maximum Gasteiger partial charge on any atom is 0.193 e. The third-order valence-corrected chi connectivity index (χ3v) is 6.59. The summed E-state index contributed by atoms with van der Waals surface area (Å²) in [5.74, 6) is -0.993. The SMILES string of the molecule is CC1=CC(=O)CC(C)(C)C12CCC1(COC3OC(CO)C(O)C(O)C3O1)O2. The monoisotopic (exact) mass is 384 g/mol. The van der Waals surface area contributed by atoms with Crippen LogP contribution in [0, 0.1) is 5.41 Å². The van der Waals surface area contributed by atoms with Gasteiger partial charge in [-0.3, -0.25) is 4.79 Å². The van der Waals surface area contributed by atoms with Crippen molar-refractivity contribution in [2.75, 3.05) is 13.2 Å². The molecule has 3 saturated heterocycles. The quantitative estimate of drug-likeness (QED) is 0.580. The van der Waals surface area contributed by atoms with E-state index < -0.39 is 54.1 Å². The molecule has 0 amide bonds. The molecular weight excluding hydrogens is 356 g/mol. The molecule has 3 heterocycles. The first-order valence-corrected chi connectivity index (χ1v) is 9.47. The molecule has 0 bridgehead atoms. The minimum Gasteiger partial charge on any atom is -0.394 e. The van der Waals surface area contributed by atoms with Crippen molar-refractivity contribution in [3.05, 3.63) is 11.6 Å². The molecule has 4 rings (SSSR count). The highest BCUT2D eigenvalue weighted by molar-refractivity contribution is 5.92. The van der Waals surface area contributed by atoms with E-state index in [4.69, 9.17) is 18.9 Å². The van der Waals surface area contributed by atoms with E-state index in [0.29, 0.717) is 19.3 Å². The Balaban J connectivity index is 1.59. The van der Waals surface area contributed by atoms with Gasteiger partial charge < -0.3 is 34.3 Å². The van der Waals surface area contributed by atoms with Crippen LogP contribution in [0.2, 0.25) is 0 Å². The molecule has 7 atom stereocenters. The van der Waals surface area contributed by atoms with Gasteiger partial charge in [0.05, 0.1) is 12.2 Å². The molecule has 4 aliphatic rings. The van der Waals surface area contributed by atoms with Crippen LogP contribution in [0.1, 0.15) is 40.0 Å². The van der Waals surface area contributed by atoms with Gasteiger partial charge in [0, 0.05) is 18.3 Å². The Hall–Kier alpha value is -0.870. The fourth-order valence-electron chi connectivity index (χ4n) is 5.05. The van der Waals surface area contributed by atoms with Gasteiger partial charge >= 0.3 is 0 Å². The second-order valence-corrected chi connectivity index (χ2v) is 8.79. The maximum atomic E-state index is 12.0. The van der Waals surface area contributed by atoms with E-state index in [1.54, 1.807) is 6.08 Å². The molecule has 3 N–H and O–H groups in total. The zero-order valence-corrected chi connectivity index (χ0v) is 15.9. The highest BCUT2D eigenvalue weighted by atomic mass is 16.8. The number of ether oxygens (including phenoxy) is 4. The van der Waals surface area contributed by atoms with Crippen molar-refractivity contribution in [1.82, 2.24) is 0 Å². The molecule has 0 saturated carbocycles. The van der Waals surface area contributed by atoms with Gasteiger partial charge in [0.25, 0.3) is 0 Å². The fraction of sp³-hybridized carbons (Fsp3) is 0.842. The number of carbonyl (C=O) groups is 1. The van der Waals surface area contributed by atoms with Crippen LogP contribution in [0.15, 0.2) is 11.6 Å². The van der Waals surface area contributed by atoms with Crippen LogP contribution in [0.5, 0.6) is 0 Å². The van der Waals surface area contributed by atoms with Crippen LogP contribution < -0.4 is 0 Å². The van der Waals surface area contributed by atoms with Gasteiger partial charge in [0.2, 0.25) is 0 Å². The van der Waals surface area contributed by atoms with Crippen molar-refractivity contribution in [3.8, 4) is 0 Å². The van der Waals surface area contributed by atoms with Gasteiger partial charge in [-0.1, -0.05) is 13.8 Å². The summed E-state index contributed by atoms with van der Waals surface area (Å²) in [5, 5.41) is 29.9. The van der Waals surface area contributed by atoms with Gasteiger partial charge in [-0.2, -0.15) is 0 Å². The third kappa shape index (κ3) is 2.81. The number of aliphatic hydroxyl groups is 3. The molecule has 0 radical (unpaired) electrons. The van der Waals surface area contributed by atoms with Crippen molar-refractivity contribution in [2.45, 2.75) is 82.1 Å². The fourth-order valence-corrected chi connectivity index (χ4v) is 5.05. The number of fused-ring (bicyclic) bond motifs is 1. The summed E-state index contributed by atoms with van der Waals surface area (Å²) in [6.07, 6.45) is -2.07. The Bertz CT molecular complexity index is 658. The average molecular weight is 384 g/mol. The highest BCUT2D eigenvalue weighted by Crippen LogP contribution is 2.57. The second kappa shape index (κ2) is 6.32. The standard InChI is InChI=1S/C19H28O8/c1-10-6-11(21)7-17(2,3)19(10)5-4-18(27-19)9-24-16-15(26-18)14(23)13(22)12(8-20)25-16/h6,12-16,20,22-23H,4-5,7-9H2,1-3H3. The Labute approximate surface area is 158 Å². The van der Waals surface area contributed by atoms with Crippen LogP contribution in [-0.2, 0) is 23.7 Å². The van der Waals surface area contributed by atoms with Crippen LogP contribution in [0.4, 0.5) is 0 Å². The first kappa shape index (κ1) is 19.4. The van der Waals surface area contributed by atoms with Crippen LogP contribution in [0.3, 0.4) is 0 Å². The van der Waals surface area contributed by atoms with Crippen LogP contribution in [0.25, 0.3) is 0 Å². The molecule has 8 heteroatoms. The molecule has 0 aromatic carbocycles. The molecule has 0 aromatic heterocycles. The van der Waals surface area contributed by atoms with Crippen LogP contribution >= 0.6 is 0 Å². The van der Waals surface area contributed by atoms with E-state index in [-0.39, 0.29) is 12.4 Å². The van der Waals surface area contributed by atoms with Crippen molar-refractivity contribution in [3.63, 3.8) is 0 Å². The normalized spacial score (nSPS) is 49.3. The topological polar surface area (TPSA) is 115 Å². The van der Waals surface area contributed by atoms with E-state index >= 15 is 0 Å². The molecule has 7 unspecified atom stereocenters. The highest BCUT2D eigenvalue weighted by Gasteiger charge is 2.63. The number of hydrogen-bond donors (Lipinski definition) is 3. The number of aliphatic hydroxyl groups excluding tert-OH is 3. The molecule has 8 nitrogen and oxygen atoms in total. The molecular formula is C19H28O8. The smallest absolute Gasteiger partial charge is 0.193 e. The summed E-state index contributed by atoms with van der Waals surface area (Å²) >= 11 is 0. The van der Waals surface area contributed by atoms with Crippen molar-refractivity contribution < 1.29 is 39.1 Å². The first-order chi connectivity index (χ1) is 12.6. The number of ketones is 1. The molecule has 2 spiro atoms. The predicted molar refractivity (Wildman–Crippen MR) is 91.5 cm³/mol. The van der Waals surface area contributed by atoms with Crippen molar-refractivity contribution in [2.24, 2.45) is 5.41 Å². The first-order valence-electron chi connectivity index (χ1n) is 9.47. The van der Waals surface area contributed by atoms with Gasteiger partial charge in [-0.05, 0) is 25.0 Å². The molecule has 1 aliphatic carbocycles. The third-order valence-electron chi connectivity index (χ3n) is 6.59. The van der Waals surface area contributed by atoms with Crippen molar-refractivity contribution >= 4 is 5.78 Å². The van der Waals surface area contributed by atoms with Gasteiger partial charge in [-0.25, -0.2) is 0 Å². The van der Waals surface area contributed by atoms with Gasteiger partial charge in [0.1, 0.15) is 31.0 Å². The summed E-state index contributed by atoms with van der Waals surface area (Å²) in [6, 6.07) is 0. The second-order valence-electron chi connectivity index (χ2n) is 8.79. The lowest BCUT2D eigenvalue weighted by Crippen LogP contribution is -2.66. The van der Waals surface area contributed by atoms with Crippen molar-refractivity contribution in [1.29, 1.82) is 0 Å². The zero-order valence-electron chi connectivity index (χ0n) is 15.9. The Kier molecular flexibility index (Phi) is 4.55. The number of rotatable bonds is 1. The number of allylic oxidation sites excluding steroid dienone is 1. The molecule has 3 fully saturated rings. The van der Waals surface area contributed by atoms with E-state index in [2.05, 4.69) is 0 Å². The molecule has 152 valence electrons. The average Bonchev–Trinajstić information content (AvgIpc) is 2.98. The Morgan fingerprint density at radius 3 is 2.63 bits per heavy atom. The zero-order chi connectivity index (χ0) is 19.6. The maximum absolute atomic E-state index is 12.0. The molecule has 27 heavy (non-hydrogen) atoms. The minimum absolute atomic E-state index is 0.0859. The van der Waals surface area contributed by atoms with Crippen LogP contribution in [-0.4, -0.2) is 76.4 Å². The lowest BCUT2D eigenvalue weighted by Gasteiger charge is -2.51. The number of carbonyl (C=O) groups excluding carboxylic acids is 1. The summed E-state index contributed by atoms with van der Waals surface area (Å²) in [6.45, 7) is 5.61. The van der Waals surface area contributed by atoms with E-state index in [1.165, 1.54) is 0 Å². The lowest BCUT2D eigenvalue weighted by atomic mass is 9.63. The van der Waals surface area contributed by atoms with E-state index in [9.17, 15) is 20.1 Å². The summed E-state index contributed by atoms with van der Waals surface area (Å²) in [7, 11) is 0. The lowest BCUT2D eigenvalue weighted by molar-refractivity contribution is -0.416.